The van der Waals surface area contributed by atoms with Gasteiger partial charge in [-0.05, 0) is 0 Å². The Balaban J connectivity index is 0.00000136. The van der Waals surface area contributed by atoms with Crippen molar-refractivity contribution in [1.29, 1.82) is 0 Å². The maximum absolute atomic E-state index is 2.58. The Bertz CT molecular complexity index is 1190. The zero-order valence-corrected chi connectivity index (χ0v) is 23.0. The number of rotatable bonds is 3. The Hall–Kier alpha value is -1.18. The van der Waals surface area contributed by atoms with E-state index in [9.17, 15) is 0 Å². The molecule has 0 aromatic heterocycles. The van der Waals surface area contributed by atoms with E-state index in [4.69, 9.17) is 0 Å². The summed E-state index contributed by atoms with van der Waals surface area (Å²) in [6.07, 6.45) is 7.48. The summed E-state index contributed by atoms with van der Waals surface area (Å²) in [4.78, 5) is 0. The third-order valence-corrected chi connectivity index (χ3v) is 25.9. The molecule has 2 atom stereocenters. The molecule has 0 N–H and O–H groups in total. The van der Waals surface area contributed by atoms with E-state index >= 15 is 0 Å². The van der Waals surface area contributed by atoms with Crippen LogP contribution >= 0.6 is 0 Å². The third-order valence-electron chi connectivity index (χ3n) is 6.38. The van der Waals surface area contributed by atoms with Crippen molar-refractivity contribution < 1.29 is 45.2 Å². The molecule has 2 aliphatic carbocycles. The normalized spacial score (nSPS) is 17.4. The Morgan fingerprint density at radius 1 is 0.774 bits per heavy atom. The van der Waals surface area contributed by atoms with Crippen molar-refractivity contribution >= 4 is 17.6 Å². The second kappa shape index (κ2) is 10.2. The van der Waals surface area contributed by atoms with Gasteiger partial charge in [-0.1, -0.05) is 0 Å². The van der Waals surface area contributed by atoms with Gasteiger partial charge in [-0.25, -0.2) is 0 Å². The van der Waals surface area contributed by atoms with Gasteiger partial charge in [0.15, 0.2) is 0 Å². The third kappa shape index (κ3) is 4.38. The molecule has 0 saturated carbocycles. The Morgan fingerprint density at radius 2 is 1.45 bits per heavy atom. The first-order valence-electron chi connectivity index (χ1n) is 10.5. The summed E-state index contributed by atoms with van der Waals surface area (Å²) in [5.41, 5.74) is 10.2. The molecular weight excluding hydrogens is 515 g/mol. The van der Waals surface area contributed by atoms with Crippen LogP contribution in [0.25, 0.3) is 23.3 Å². The molecule has 3 aromatic rings. The molecule has 156 valence electrons. The predicted molar refractivity (Wildman–Crippen MR) is 124 cm³/mol. The molecule has 4 heteroatoms. The van der Waals surface area contributed by atoms with Crippen LogP contribution in [0.5, 0.6) is 0 Å². The smallest absolute Gasteiger partial charge is 1.00 e. The molecule has 2 unspecified atom stereocenters. The van der Waals surface area contributed by atoms with Crippen LogP contribution in [-0.4, -0.2) is 5.43 Å². The van der Waals surface area contributed by atoms with Crippen molar-refractivity contribution in [3.05, 3.63) is 107 Å². The van der Waals surface area contributed by atoms with E-state index in [-0.39, 0.29) is 30.2 Å². The molecule has 0 saturated heterocycles. The average molecular weight is 541 g/mol. The van der Waals surface area contributed by atoms with Crippen LogP contribution < -0.4 is 24.8 Å². The van der Waals surface area contributed by atoms with Crippen LogP contribution in [0.4, 0.5) is 0 Å². The van der Waals surface area contributed by atoms with Gasteiger partial charge >= 0.3 is 183 Å². The fourth-order valence-corrected chi connectivity index (χ4v) is 24.9. The minimum atomic E-state index is -1.85. The van der Waals surface area contributed by atoms with Crippen LogP contribution in [0.3, 0.4) is 0 Å². The maximum atomic E-state index is 2.58. The summed E-state index contributed by atoms with van der Waals surface area (Å²) in [5, 5.41) is 0. The molecule has 0 fully saturated rings. The quantitative estimate of drug-likeness (QED) is 0.442. The van der Waals surface area contributed by atoms with Crippen molar-refractivity contribution in [2.75, 3.05) is 0 Å². The summed E-state index contributed by atoms with van der Waals surface area (Å²) < 4.78 is 1.43. The van der Waals surface area contributed by atoms with Crippen LogP contribution in [0, 0.1) is 0 Å². The molecule has 0 bridgehead atoms. The molecule has 0 spiro atoms. The van der Waals surface area contributed by atoms with Crippen molar-refractivity contribution in [2.45, 2.75) is 27.3 Å². The second-order valence-corrected chi connectivity index (χ2v) is 26.4. The van der Waals surface area contributed by atoms with Crippen LogP contribution in [0.2, 0.25) is 13.1 Å². The second-order valence-electron chi connectivity index (χ2n) is 8.42. The van der Waals surface area contributed by atoms with E-state index in [1.807, 2.05) is 0 Å². The van der Waals surface area contributed by atoms with E-state index in [2.05, 4.69) is 111 Å². The molecule has 31 heavy (non-hydrogen) atoms. The van der Waals surface area contributed by atoms with Gasteiger partial charge in [0.2, 0.25) is 0 Å². The van der Waals surface area contributed by atoms with Crippen molar-refractivity contribution in [3.8, 4) is 11.1 Å². The number of allylic oxidation sites excluding steroid dienone is 2. The molecule has 5 rings (SSSR count). The van der Waals surface area contributed by atoms with Gasteiger partial charge in [-0.15, -0.1) is 0 Å². The molecule has 0 amide bonds. The fraction of sp³-hybridized carbons (Fsp3) is 0.185. The number of fused-ring (bicyclic) bond motifs is 2. The number of hydrogen-bond donors (Lipinski definition) is 0. The van der Waals surface area contributed by atoms with Gasteiger partial charge in [0, 0.05) is 0 Å². The molecule has 0 aliphatic heterocycles. The van der Waals surface area contributed by atoms with E-state index in [1.54, 1.807) is 16.7 Å². The minimum Gasteiger partial charge on any atom is -1.00 e. The van der Waals surface area contributed by atoms with Gasteiger partial charge in [-0.3, -0.25) is 0 Å². The summed E-state index contributed by atoms with van der Waals surface area (Å²) in [7, 11) is 0. The van der Waals surface area contributed by atoms with Crippen molar-refractivity contribution in [3.63, 3.8) is 0 Å². The predicted octanol–water partition coefficient (Wildman–Crippen LogP) is 1.46. The molecule has 0 heterocycles. The van der Waals surface area contributed by atoms with E-state index in [0.717, 1.165) is 3.63 Å². The SMILES string of the molecule is CC1=Cc2ccccc2[CH]1[Zr+2]([CH]1C=Cc2c(-c3ccccc3)cccc21)=[Si](C)C.[Cl-].[Cl-]. The monoisotopic (exact) mass is 538 g/mol. The number of benzene rings is 3. The summed E-state index contributed by atoms with van der Waals surface area (Å²) in [5.74, 6) is 0. The van der Waals surface area contributed by atoms with E-state index in [1.165, 1.54) is 22.3 Å². The molecule has 0 radical (unpaired) electrons. The number of halogens is 2. The zero-order valence-electron chi connectivity index (χ0n) is 18.1. The zero-order chi connectivity index (χ0) is 20.0. The Labute approximate surface area is 206 Å². The Kier molecular flexibility index (Phi) is 8.03. The fourth-order valence-electron chi connectivity index (χ4n) is 5.15. The van der Waals surface area contributed by atoms with Crippen molar-refractivity contribution in [2.24, 2.45) is 0 Å². The molecule has 0 nitrogen and oxygen atoms in total. The first kappa shape index (κ1) is 24.5. The van der Waals surface area contributed by atoms with Crippen LogP contribution in [0.1, 0.15) is 36.4 Å². The maximum Gasteiger partial charge on any atom is -1.00 e. The first-order chi connectivity index (χ1) is 14.1. The summed E-state index contributed by atoms with van der Waals surface area (Å²) >= 11 is -1.85. The van der Waals surface area contributed by atoms with Gasteiger partial charge < -0.3 is 24.8 Å². The molecule has 2 aliphatic rings. The van der Waals surface area contributed by atoms with Gasteiger partial charge in [-0.2, -0.15) is 0 Å². The topological polar surface area (TPSA) is 0 Å². The minimum absolute atomic E-state index is 0. The van der Waals surface area contributed by atoms with E-state index < -0.39 is 20.4 Å². The van der Waals surface area contributed by atoms with E-state index in [0.29, 0.717) is 3.63 Å². The van der Waals surface area contributed by atoms with Gasteiger partial charge in [0.1, 0.15) is 0 Å². The van der Waals surface area contributed by atoms with Crippen molar-refractivity contribution in [1.82, 2.24) is 0 Å². The number of hydrogen-bond acceptors (Lipinski definition) is 0. The summed E-state index contributed by atoms with van der Waals surface area (Å²) in [6.45, 7) is 7.55. The first-order valence-corrected chi connectivity index (χ1v) is 19.5. The van der Waals surface area contributed by atoms with Crippen LogP contribution in [-0.2, 0) is 20.4 Å². The summed E-state index contributed by atoms with van der Waals surface area (Å²) in [6, 6.07) is 27.0. The molecule has 3 aromatic carbocycles. The standard InChI is InChI=1S/C15H11.C10H9.C2H6Si.2ClH.Zr/c1-2-6-12(7-3-1)14-10-4-8-13-9-5-11-15(13)14;1-8-6-9-4-2-3-5-10(9)7-8;1-3-2;;;/h1-11H;2-7H,1H3;1-2H3;2*1H;/q;;;;;+2/p-2. The largest absolute Gasteiger partial charge is 1.00 e. The Morgan fingerprint density at radius 3 is 2.19 bits per heavy atom. The van der Waals surface area contributed by atoms with Gasteiger partial charge in [0.25, 0.3) is 0 Å². The average Bonchev–Trinajstić information content (AvgIpc) is 3.30. The molecular formula is C27H26Cl2SiZr. The van der Waals surface area contributed by atoms with Gasteiger partial charge in [0.05, 0.1) is 0 Å². The van der Waals surface area contributed by atoms with Crippen LogP contribution in [0.15, 0.2) is 84.4 Å².